The fourth-order valence-electron chi connectivity index (χ4n) is 5.09. The number of hydrogen-bond donors (Lipinski definition) is 2. The standard InChI is InChI=1S/C22H37NO4/c1-9-26-23-27-18(24)14-25-17-13-22(20(6,7)8)12-10-11-21(22,16(17)2)15-19(3,4)5/h9-11,18,23-24H,1,12-15H2,2-8H3. The van der Waals surface area contributed by atoms with E-state index in [4.69, 9.17) is 9.57 Å². The Labute approximate surface area is 164 Å². The lowest BCUT2D eigenvalue weighted by atomic mass is 9.50. The van der Waals surface area contributed by atoms with Gasteiger partial charge >= 0.3 is 0 Å². The number of nitrogens with one attached hydrogen (secondary N) is 1. The van der Waals surface area contributed by atoms with Crippen LogP contribution in [0.25, 0.3) is 0 Å². The van der Waals surface area contributed by atoms with Crippen molar-refractivity contribution in [1.29, 1.82) is 0 Å². The van der Waals surface area contributed by atoms with Gasteiger partial charge in [-0.2, -0.15) is 0 Å². The second kappa shape index (κ2) is 7.61. The molecule has 0 amide bonds. The molecular formula is C22H37NO4. The number of ether oxygens (including phenoxy) is 1. The van der Waals surface area contributed by atoms with Gasteiger partial charge in [-0.25, -0.2) is 4.84 Å². The maximum absolute atomic E-state index is 9.94. The van der Waals surface area contributed by atoms with Crippen molar-refractivity contribution >= 4 is 0 Å². The Balaban J connectivity index is 2.27. The molecule has 5 heteroatoms. The van der Waals surface area contributed by atoms with Gasteiger partial charge in [0.05, 0.1) is 5.76 Å². The SMILES string of the molecule is C=CONOC(O)COC1=C(C)C2(CC(C)(C)C)C=CCC2(C(C)(C)C)C1. The van der Waals surface area contributed by atoms with Gasteiger partial charge in [0.15, 0.2) is 0 Å². The fraction of sp³-hybridized carbons (Fsp3) is 0.727. The molecule has 2 aliphatic rings. The van der Waals surface area contributed by atoms with Gasteiger partial charge in [0.25, 0.3) is 0 Å². The topological polar surface area (TPSA) is 60.0 Å². The molecule has 0 aromatic rings. The molecule has 0 saturated heterocycles. The van der Waals surface area contributed by atoms with Gasteiger partial charge in [-0.05, 0) is 47.2 Å². The first-order chi connectivity index (χ1) is 12.4. The van der Waals surface area contributed by atoms with Crippen LogP contribution < -0.4 is 5.64 Å². The van der Waals surface area contributed by atoms with Gasteiger partial charge in [0.2, 0.25) is 6.29 Å². The maximum Gasteiger partial charge on any atom is 0.212 e. The first-order valence-corrected chi connectivity index (χ1v) is 9.75. The molecule has 0 heterocycles. The van der Waals surface area contributed by atoms with E-state index in [1.165, 1.54) is 11.8 Å². The fourth-order valence-corrected chi connectivity index (χ4v) is 5.09. The Bertz CT molecular complexity index is 611. The first-order valence-electron chi connectivity index (χ1n) is 9.75. The van der Waals surface area contributed by atoms with Crippen LogP contribution in [0.5, 0.6) is 0 Å². The van der Waals surface area contributed by atoms with E-state index in [0.717, 1.165) is 25.0 Å². The molecule has 3 unspecified atom stereocenters. The van der Waals surface area contributed by atoms with E-state index in [-0.39, 0.29) is 28.3 Å². The van der Waals surface area contributed by atoms with Crippen molar-refractivity contribution < 1.29 is 19.5 Å². The van der Waals surface area contributed by atoms with Crippen LogP contribution >= 0.6 is 0 Å². The summed E-state index contributed by atoms with van der Waals surface area (Å²) in [6, 6.07) is 0. The molecule has 0 aromatic carbocycles. The van der Waals surface area contributed by atoms with E-state index < -0.39 is 6.29 Å². The monoisotopic (exact) mass is 379 g/mol. The molecule has 5 nitrogen and oxygen atoms in total. The molecule has 0 fully saturated rings. The minimum absolute atomic E-state index is 0.0190. The summed E-state index contributed by atoms with van der Waals surface area (Å²) in [4.78, 5) is 9.56. The molecular weight excluding hydrogens is 342 g/mol. The second-order valence-electron chi connectivity index (χ2n) is 10.1. The van der Waals surface area contributed by atoms with Gasteiger partial charge in [-0.15, -0.1) is 0 Å². The Morgan fingerprint density at radius 1 is 1.30 bits per heavy atom. The molecule has 2 rings (SSSR count). The summed E-state index contributed by atoms with van der Waals surface area (Å²) in [6.45, 7) is 19.5. The highest BCUT2D eigenvalue weighted by Crippen LogP contribution is 2.71. The highest BCUT2D eigenvalue weighted by Gasteiger charge is 2.63. The van der Waals surface area contributed by atoms with Gasteiger partial charge < -0.3 is 14.7 Å². The number of fused-ring (bicyclic) bond motifs is 1. The molecule has 2 aliphatic carbocycles. The zero-order valence-electron chi connectivity index (χ0n) is 18.0. The third-order valence-electron chi connectivity index (χ3n) is 6.23. The number of allylic oxidation sites excluding steroid dienone is 4. The van der Waals surface area contributed by atoms with Gasteiger partial charge in [-0.3, -0.25) is 0 Å². The second-order valence-corrected chi connectivity index (χ2v) is 10.1. The summed E-state index contributed by atoms with van der Waals surface area (Å²) in [5.74, 6) is 0.978. The first kappa shape index (κ1) is 22.0. The smallest absolute Gasteiger partial charge is 0.212 e. The quantitative estimate of drug-likeness (QED) is 0.204. The van der Waals surface area contributed by atoms with E-state index in [9.17, 15) is 5.11 Å². The number of aliphatic hydroxyl groups is 1. The summed E-state index contributed by atoms with van der Waals surface area (Å²) >= 11 is 0. The summed E-state index contributed by atoms with van der Waals surface area (Å²) < 4.78 is 6.05. The summed E-state index contributed by atoms with van der Waals surface area (Å²) in [7, 11) is 0. The molecule has 0 saturated carbocycles. The van der Waals surface area contributed by atoms with Crippen LogP contribution in [0.1, 0.15) is 67.7 Å². The molecule has 0 spiro atoms. The summed E-state index contributed by atoms with van der Waals surface area (Å²) in [5.41, 5.74) is 3.81. The van der Waals surface area contributed by atoms with Crippen LogP contribution in [0.2, 0.25) is 0 Å². The van der Waals surface area contributed by atoms with Crippen molar-refractivity contribution in [3.05, 3.63) is 36.3 Å². The van der Waals surface area contributed by atoms with Crippen molar-refractivity contribution in [2.24, 2.45) is 21.7 Å². The average Bonchev–Trinajstić information content (AvgIpc) is 2.98. The highest BCUT2D eigenvalue weighted by atomic mass is 16.9. The zero-order chi connectivity index (χ0) is 20.5. The lowest BCUT2D eigenvalue weighted by Gasteiger charge is -2.52. The molecule has 154 valence electrons. The van der Waals surface area contributed by atoms with Crippen LogP contribution in [0.3, 0.4) is 0 Å². The molecule has 27 heavy (non-hydrogen) atoms. The summed E-state index contributed by atoms with van der Waals surface area (Å²) in [6.07, 6.45) is 7.80. The van der Waals surface area contributed by atoms with Gasteiger partial charge in [0.1, 0.15) is 12.9 Å². The van der Waals surface area contributed by atoms with Gasteiger partial charge in [0, 0.05) is 11.8 Å². The van der Waals surface area contributed by atoms with E-state index >= 15 is 0 Å². The lowest BCUT2D eigenvalue weighted by molar-refractivity contribution is -0.244. The van der Waals surface area contributed by atoms with Crippen LogP contribution in [-0.4, -0.2) is 18.0 Å². The van der Waals surface area contributed by atoms with E-state index in [1.54, 1.807) is 0 Å². The third kappa shape index (κ3) is 4.10. The minimum atomic E-state index is -1.13. The minimum Gasteiger partial charge on any atom is -0.493 e. The Kier molecular flexibility index (Phi) is 6.20. The largest absolute Gasteiger partial charge is 0.493 e. The van der Waals surface area contributed by atoms with E-state index in [2.05, 4.69) is 77.7 Å². The highest BCUT2D eigenvalue weighted by molar-refractivity contribution is 5.41. The van der Waals surface area contributed by atoms with E-state index in [1.807, 2.05) is 0 Å². The number of hydrogen-bond acceptors (Lipinski definition) is 5. The molecule has 0 aromatic heterocycles. The van der Waals surface area contributed by atoms with Crippen molar-refractivity contribution in [2.75, 3.05) is 6.61 Å². The third-order valence-corrected chi connectivity index (χ3v) is 6.23. The molecule has 2 N–H and O–H groups in total. The van der Waals surface area contributed by atoms with Crippen LogP contribution in [0.4, 0.5) is 0 Å². The molecule has 0 aliphatic heterocycles. The number of aliphatic hydroxyl groups excluding tert-OH is 1. The van der Waals surface area contributed by atoms with Crippen molar-refractivity contribution in [1.82, 2.24) is 5.64 Å². The van der Waals surface area contributed by atoms with Crippen molar-refractivity contribution in [3.63, 3.8) is 0 Å². The van der Waals surface area contributed by atoms with E-state index in [0.29, 0.717) is 0 Å². The molecule has 0 radical (unpaired) electrons. The Hall–Kier alpha value is -1.30. The van der Waals surface area contributed by atoms with Crippen LogP contribution in [-0.2, 0) is 14.4 Å². The Morgan fingerprint density at radius 3 is 2.52 bits per heavy atom. The lowest BCUT2D eigenvalue weighted by Crippen LogP contribution is -2.46. The average molecular weight is 380 g/mol. The Morgan fingerprint density at radius 2 is 1.96 bits per heavy atom. The maximum atomic E-state index is 9.94. The predicted molar refractivity (Wildman–Crippen MR) is 107 cm³/mol. The number of rotatable bonds is 8. The van der Waals surface area contributed by atoms with Gasteiger partial charge in [-0.1, -0.05) is 60.3 Å². The van der Waals surface area contributed by atoms with Crippen molar-refractivity contribution in [2.45, 2.75) is 74.0 Å². The summed E-state index contributed by atoms with van der Waals surface area (Å²) in [5, 5.41) is 9.94. The molecule has 0 bridgehead atoms. The van der Waals surface area contributed by atoms with Crippen LogP contribution in [0, 0.1) is 21.7 Å². The predicted octanol–water partition coefficient (Wildman–Crippen LogP) is 5.01. The molecule has 3 atom stereocenters. The normalized spacial score (nSPS) is 29.0. The zero-order valence-corrected chi connectivity index (χ0v) is 18.0. The van der Waals surface area contributed by atoms with Crippen LogP contribution in [0.15, 0.2) is 36.3 Å². The van der Waals surface area contributed by atoms with Crippen molar-refractivity contribution in [3.8, 4) is 0 Å².